The normalized spacial score (nSPS) is 21.1. The fourth-order valence-corrected chi connectivity index (χ4v) is 4.18. The molecule has 2 aliphatic heterocycles. The summed E-state index contributed by atoms with van der Waals surface area (Å²) in [6.07, 6.45) is -4.52. The van der Waals surface area contributed by atoms with Crippen LogP contribution < -0.4 is 5.32 Å². The van der Waals surface area contributed by atoms with Crippen molar-refractivity contribution in [2.75, 3.05) is 26.2 Å². The van der Waals surface area contributed by atoms with Gasteiger partial charge in [0, 0.05) is 37.7 Å². The number of hydrogen-bond donors (Lipinski definition) is 1. The Morgan fingerprint density at radius 3 is 2.50 bits per heavy atom. The summed E-state index contributed by atoms with van der Waals surface area (Å²) < 4.78 is 38.4. The number of hydrogen-bond acceptors (Lipinski definition) is 3. The number of benzene rings is 2. The van der Waals surface area contributed by atoms with Crippen molar-refractivity contribution in [1.29, 1.82) is 0 Å². The molecule has 30 heavy (non-hydrogen) atoms. The minimum atomic E-state index is -4.52. The molecule has 1 N–H and O–H groups in total. The molecular formula is C22H22F3N3O2. The molecule has 0 bridgehead atoms. The molecule has 2 fully saturated rings. The highest BCUT2D eigenvalue weighted by Crippen LogP contribution is 2.33. The van der Waals surface area contributed by atoms with Gasteiger partial charge >= 0.3 is 6.18 Å². The summed E-state index contributed by atoms with van der Waals surface area (Å²) in [4.78, 5) is 28.8. The summed E-state index contributed by atoms with van der Waals surface area (Å²) in [5.41, 5.74) is 0.218. The van der Waals surface area contributed by atoms with E-state index in [2.05, 4.69) is 22.3 Å². The van der Waals surface area contributed by atoms with Crippen molar-refractivity contribution in [3.8, 4) is 0 Å². The molecule has 2 aromatic rings. The van der Waals surface area contributed by atoms with E-state index in [0.717, 1.165) is 31.8 Å². The highest BCUT2D eigenvalue weighted by atomic mass is 19.4. The molecule has 2 atom stereocenters. The first-order valence-electron chi connectivity index (χ1n) is 9.82. The van der Waals surface area contributed by atoms with Crippen LogP contribution in [-0.2, 0) is 17.5 Å². The largest absolute Gasteiger partial charge is 0.416 e. The Bertz CT molecular complexity index is 933. The molecule has 2 aliphatic rings. The van der Waals surface area contributed by atoms with Gasteiger partial charge in [0.05, 0.1) is 18.2 Å². The van der Waals surface area contributed by atoms with E-state index in [-0.39, 0.29) is 24.1 Å². The van der Waals surface area contributed by atoms with E-state index in [9.17, 15) is 22.8 Å². The quantitative estimate of drug-likeness (QED) is 0.814. The van der Waals surface area contributed by atoms with Crippen molar-refractivity contribution < 1.29 is 22.8 Å². The van der Waals surface area contributed by atoms with Crippen LogP contribution in [0.3, 0.4) is 0 Å². The van der Waals surface area contributed by atoms with Gasteiger partial charge in [-0.1, -0.05) is 36.4 Å². The molecule has 4 rings (SSSR count). The van der Waals surface area contributed by atoms with E-state index in [4.69, 9.17) is 0 Å². The van der Waals surface area contributed by atoms with Gasteiger partial charge in [0.2, 0.25) is 5.91 Å². The molecule has 0 radical (unpaired) electrons. The van der Waals surface area contributed by atoms with Crippen LogP contribution in [0.2, 0.25) is 0 Å². The summed E-state index contributed by atoms with van der Waals surface area (Å²) in [6, 6.07) is 14.4. The number of nitrogens with zero attached hydrogens (tertiary/aromatic N) is 2. The number of amides is 2. The molecule has 2 saturated heterocycles. The second-order valence-corrected chi connectivity index (χ2v) is 7.81. The molecule has 8 heteroatoms. The SMILES string of the molecule is O=C(NCC(=O)N1C[C@@H]2CN(Cc3ccccc3)C[C@@H]21)c1cccc(C(F)(F)F)c1. The van der Waals surface area contributed by atoms with Crippen LogP contribution in [0.15, 0.2) is 54.6 Å². The smallest absolute Gasteiger partial charge is 0.343 e. The van der Waals surface area contributed by atoms with E-state index in [1.165, 1.54) is 17.7 Å². The van der Waals surface area contributed by atoms with Crippen molar-refractivity contribution in [2.45, 2.75) is 18.8 Å². The lowest BCUT2D eigenvalue weighted by Crippen LogP contribution is -2.60. The number of fused-ring (bicyclic) bond motifs is 1. The fourth-order valence-electron chi connectivity index (χ4n) is 4.18. The van der Waals surface area contributed by atoms with Crippen molar-refractivity contribution in [3.05, 3.63) is 71.3 Å². The number of alkyl halides is 3. The molecule has 158 valence electrons. The Labute approximate surface area is 172 Å². The molecule has 0 saturated carbocycles. The summed E-state index contributed by atoms with van der Waals surface area (Å²) in [6.45, 7) is 2.97. The molecule has 2 aromatic carbocycles. The summed E-state index contributed by atoms with van der Waals surface area (Å²) >= 11 is 0. The number of carbonyl (C=O) groups is 2. The third kappa shape index (κ3) is 4.33. The van der Waals surface area contributed by atoms with E-state index < -0.39 is 17.6 Å². The minimum Gasteiger partial charge on any atom is -0.343 e. The first kappa shape index (κ1) is 20.4. The maximum absolute atomic E-state index is 12.8. The van der Waals surface area contributed by atoms with Crippen LogP contribution in [0.4, 0.5) is 13.2 Å². The monoisotopic (exact) mass is 417 g/mol. The van der Waals surface area contributed by atoms with E-state index >= 15 is 0 Å². The maximum Gasteiger partial charge on any atom is 0.416 e. The number of likely N-dealkylation sites (tertiary alicyclic amines) is 2. The lowest BCUT2D eigenvalue weighted by Gasteiger charge is -2.43. The van der Waals surface area contributed by atoms with Gasteiger partial charge in [0.25, 0.3) is 5.91 Å². The van der Waals surface area contributed by atoms with Gasteiger partial charge in [0.1, 0.15) is 0 Å². The zero-order chi connectivity index (χ0) is 21.3. The minimum absolute atomic E-state index is 0.117. The Morgan fingerprint density at radius 1 is 1.00 bits per heavy atom. The third-order valence-electron chi connectivity index (χ3n) is 5.74. The van der Waals surface area contributed by atoms with Gasteiger partial charge in [-0.3, -0.25) is 14.5 Å². The lowest BCUT2D eigenvalue weighted by molar-refractivity contribution is -0.140. The highest BCUT2D eigenvalue weighted by molar-refractivity contribution is 5.96. The number of halogens is 3. The lowest BCUT2D eigenvalue weighted by atomic mass is 9.92. The molecule has 0 unspecified atom stereocenters. The summed E-state index contributed by atoms with van der Waals surface area (Å²) in [5.74, 6) is -0.474. The van der Waals surface area contributed by atoms with Gasteiger partial charge in [0.15, 0.2) is 0 Å². The van der Waals surface area contributed by atoms with Gasteiger partial charge in [-0.05, 0) is 23.8 Å². The molecule has 2 heterocycles. The topological polar surface area (TPSA) is 52.7 Å². The van der Waals surface area contributed by atoms with Crippen molar-refractivity contribution in [1.82, 2.24) is 15.1 Å². The molecular weight excluding hydrogens is 395 g/mol. The van der Waals surface area contributed by atoms with Crippen molar-refractivity contribution in [2.24, 2.45) is 5.92 Å². The van der Waals surface area contributed by atoms with Crippen LogP contribution in [0.1, 0.15) is 21.5 Å². The van der Waals surface area contributed by atoms with Gasteiger partial charge in [-0.15, -0.1) is 0 Å². The van der Waals surface area contributed by atoms with Gasteiger partial charge < -0.3 is 10.2 Å². The summed E-state index contributed by atoms with van der Waals surface area (Å²) in [5, 5.41) is 2.45. The molecule has 5 nitrogen and oxygen atoms in total. The first-order chi connectivity index (χ1) is 14.3. The number of carbonyl (C=O) groups excluding carboxylic acids is 2. The molecule has 2 amide bonds. The van der Waals surface area contributed by atoms with E-state index in [1.54, 1.807) is 4.90 Å². The number of rotatable bonds is 5. The van der Waals surface area contributed by atoms with Crippen LogP contribution in [0, 0.1) is 5.92 Å². The average Bonchev–Trinajstić information content (AvgIpc) is 3.02. The van der Waals surface area contributed by atoms with Crippen LogP contribution in [-0.4, -0.2) is 53.8 Å². The maximum atomic E-state index is 12.8. The zero-order valence-electron chi connectivity index (χ0n) is 16.2. The standard InChI is InChI=1S/C22H22F3N3O2/c23-22(24,25)18-8-4-7-16(9-18)21(30)26-10-20(29)28-13-17-12-27(14-19(17)28)11-15-5-2-1-3-6-15/h1-9,17,19H,10-14H2,(H,26,30)/t17-,19-/m0/s1. The second kappa shape index (κ2) is 8.10. The Balaban J connectivity index is 1.28. The Kier molecular flexibility index (Phi) is 5.51. The number of nitrogens with one attached hydrogen (secondary N) is 1. The molecule has 0 spiro atoms. The predicted octanol–water partition coefficient (Wildman–Crippen LogP) is 2.78. The second-order valence-electron chi connectivity index (χ2n) is 7.81. The van der Waals surface area contributed by atoms with Crippen LogP contribution >= 0.6 is 0 Å². The predicted molar refractivity (Wildman–Crippen MR) is 104 cm³/mol. The highest BCUT2D eigenvalue weighted by Gasteiger charge is 2.47. The molecule has 0 aromatic heterocycles. The zero-order valence-corrected chi connectivity index (χ0v) is 16.2. The Hall–Kier alpha value is -2.87. The average molecular weight is 417 g/mol. The first-order valence-corrected chi connectivity index (χ1v) is 9.82. The van der Waals surface area contributed by atoms with Gasteiger partial charge in [-0.2, -0.15) is 13.2 Å². The van der Waals surface area contributed by atoms with Gasteiger partial charge in [-0.25, -0.2) is 0 Å². The fraction of sp³-hybridized carbons (Fsp3) is 0.364. The third-order valence-corrected chi connectivity index (χ3v) is 5.74. The summed E-state index contributed by atoms with van der Waals surface area (Å²) in [7, 11) is 0. The van der Waals surface area contributed by atoms with Crippen molar-refractivity contribution >= 4 is 11.8 Å². The molecule has 0 aliphatic carbocycles. The van der Waals surface area contributed by atoms with E-state index in [1.807, 2.05) is 18.2 Å². The van der Waals surface area contributed by atoms with Crippen LogP contribution in [0.25, 0.3) is 0 Å². The van der Waals surface area contributed by atoms with E-state index in [0.29, 0.717) is 12.5 Å². The Morgan fingerprint density at radius 2 is 1.77 bits per heavy atom. The van der Waals surface area contributed by atoms with Crippen molar-refractivity contribution in [3.63, 3.8) is 0 Å². The van der Waals surface area contributed by atoms with Crippen LogP contribution in [0.5, 0.6) is 0 Å².